The highest BCUT2D eigenvalue weighted by Crippen LogP contribution is 2.52. The number of hydrogen-bond donors (Lipinski definition) is 0. The van der Waals surface area contributed by atoms with E-state index in [4.69, 9.17) is 4.42 Å². The lowest BCUT2D eigenvalue weighted by atomic mass is 9.81. The van der Waals surface area contributed by atoms with Gasteiger partial charge >= 0.3 is 0 Å². The van der Waals surface area contributed by atoms with Gasteiger partial charge in [-0.3, -0.25) is 0 Å². The van der Waals surface area contributed by atoms with E-state index in [9.17, 15) is 0 Å². The summed E-state index contributed by atoms with van der Waals surface area (Å²) in [6.07, 6.45) is 0. The maximum absolute atomic E-state index is 6.50. The summed E-state index contributed by atoms with van der Waals surface area (Å²) in [5.74, 6) is 0. The molecule has 0 saturated heterocycles. The summed E-state index contributed by atoms with van der Waals surface area (Å²) >= 11 is 0. The van der Waals surface area contributed by atoms with Crippen molar-refractivity contribution in [3.8, 4) is 66.8 Å². The van der Waals surface area contributed by atoms with Gasteiger partial charge in [-0.05, 0) is 121 Å². The zero-order valence-corrected chi connectivity index (χ0v) is 36.4. The Bertz CT molecular complexity index is 3380. The van der Waals surface area contributed by atoms with E-state index in [-0.39, 0.29) is 5.41 Å². The monoisotopic (exact) mass is 831 g/mol. The highest BCUT2D eigenvalue weighted by Gasteiger charge is 2.36. The first kappa shape index (κ1) is 38.5. The van der Waals surface area contributed by atoms with Crippen molar-refractivity contribution in [1.82, 2.24) is 0 Å². The van der Waals surface area contributed by atoms with Gasteiger partial charge in [0, 0.05) is 38.8 Å². The first-order valence-corrected chi connectivity index (χ1v) is 22.5. The molecule has 1 aliphatic carbocycles. The zero-order chi connectivity index (χ0) is 43.5. The molecule has 1 aliphatic rings. The lowest BCUT2D eigenvalue weighted by Gasteiger charge is -2.28. The van der Waals surface area contributed by atoms with Gasteiger partial charge in [0.1, 0.15) is 11.2 Å². The highest BCUT2D eigenvalue weighted by atomic mass is 16.3. The number of para-hydroxylation sites is 2. The van der Waals surface area contributed by atoms with E-state index in [1.165, 1.54) is 72.3 Å². The Kier molecular flexibility index (Phi) is 9.21. The minimum atomic E-state index is -0.240. The maximum atomic E-state index is 6.50. The van der Waals surface area contributed by atoms with Crippen molar-refractivity contribution in [2.45, 2.75) is 19.3 Å². The van der Waals surface area contributed by atoms with Crippen LogP contribution in [0.1, 0.15) is 25.0 Å². The van der Waals surface area contributed by atoms with E-state index in [0.717, 1.165) is 44.6 Å². The summed E-state index contributed by atoms with van der Waals surface area (Å²) in [6, 6.07) is 85.8. The van der Waals surface area contributed by atoms with E-state index in [0.29, 0.717) is 0 Å². The van der Waals surface area contributed by atoms with Gasteiger partial charge in [-0.25, -0.2) is 0 Å². The summed E-state index contributed by atoms with van der Waals surface area (Å²) in [7, 11) is 0. The van der Waals surface area contributed by atoms with Gasteiger partial charge in [-0.2, -0.15) is 0 Å². The Hall–Kier alpha value is -8.20. The molecule has 65 heavy (non-hydrogen) atoms. The average molecular weight is 832 g/mol. The predicted octanol–water partition coefficient (Wildman–Crippen LogP) is 17.7. The molecule has 1 heterocycles. The molecule has 10 aromatic carbocycles. The summed E-state index contributed by atoms with van der Waals surface area (Å²) in [5.41, 5.74) is 22.1. The van der Waals surface area contributed by atoms with Gasteiger partial charge in [-0.15, -0.1) is 0 Å². The Balaban J connectivity index is 0.909. The van der Waals surface area contributed by atoms with Crippen LogP contribution in [0.4, 0.5) is 17.1 Å². The molecule has 0 saturated carbocycles. The molecular weight excluding hydrogens is 787 g/mol. The molecule has 308 valence electrons. The normalized spacial score (nSPS) is 12.6. The topological polar surface area (TPSA) is 16.4 Å². The second-order valence-corrected chi connectivity index (χ2v) is 17.7. The Labute approximate surface area is 380 Å². The van der Waals surface area contributed by atoms with Crippen molar-refractivity contribution < 1.29 is 4.42 Å². The third kappa shape index (κ3) is 6.74. The number of hydrogen-bond acceptors (Lipinski definition) is 2. The Morgan fingerprint density at radius 1 is 0.308 bits per heavy atom. The number of fused-ring (bicyclic) bond motifs is 6. The van der Waals surface area contributed by atoms with Gasteiger partial charge in [0.25, 0.3) is 0 Å². The molecule has 2 nitrogen and oxygen atoms in total. The third-order valence-corrected chi connectivity index (χ3v) is 13.5. The number of nitrogens with zero attached hydrogens (tertiary/aromatic N) is 1. The number of benzene rings is 10. The van der Waals surface area contributed by atoms with Crippen LogP contribution in [0.15, 0.2) is 241 Å². The fraction of sp³-hybridized carbons (Fsp3) is 0.0476. The molecule has 0 unspecified atom stereocenters. The quantitative estimate of drug-likeness (QED) is 0.152. The summed E-state index contributed by atoms with van der Waals surface area (Å²) in [6.45, 7) is 4.74. The molecule has 0 N–H and O–H groups in total. The first-order chi connectivity index (χ1) is 32.0. The van der Waals surface area contributed by atoms with Crippen molar-refractivity contribution in [3.05, 3.63) is 248 Å². The first-order valence-electron chi connectivity index (χ1n) is 22.5. The second-order valence-electron chi connectivity index (χ2n) is 17.7. The lowest BCUT2D eigenvalue weighted by Crippen LogP contribution is -2.16. The van der Waals surface area contributed by atoms with Gasteiger partial charge in [0.15, 0.2) is 0 Å². The molecule has 0 spiro atoms. The second kappa shape index (κ2) is 15.6. The van der Waals surface area contributed by atoms with E-state index >= 15 is 0 Å². The van der Waals surface area contributed by atoms with Crippen LogP contribution >= 0.6 is 0 Å². The molecule has 11 aromatic rings. The molecule has 0 bridgehead atoms. The molecule has 1 aromatic heterocycles. The van der Waals surface area contributed by atoms with Crippen LogP contribution in [0.25, 0.3) is 88.7 Å². The molecular formula is C63H45NO. The molecule has 2 heteroatoms. The molecule has 0 aliphatic heterocycles. The fourth-order valence-electron chi connectivity index (χ4n) is 10.0. The largest absolute Gasteiger partial charge is 0.455 e. The summed E-state index contributed by atoms with van der Waals surface area (Å²) in [4.78, 5) is 2.40. The van der Waals surface area contributed by atoms with Crippen LogP contribution in [0.3, 0.4) is 0 Å². The summed E-state index contributed by atoms with van der Waals surface area (Å²) < 4.78 is 6.50. The molecule has 0 amide bonds. The SMILES string of the molecule is CC1(C)c2cc(-c3cccc4c3oc3ccccc34)ccc2-c2ccc(N(c3ccc(-c4ccc(-c5ccccc5)cc4)cc3)c3ccc(-c4ccc(-c5ccccc5)cc4)cc3)cc21. The van der Waals surface area contributed by atoms with Crippen molar-refractivity contribution >= 4 is 39.0 Å². The Morgan fingerprint density at radius 2 is 0.708 bits per heavy atom. The lowest BCUT2D eigenvalue weighted by molar-refractivity contribution is 0.660. The van der Waals surface area contributed by atoms with Crippen LogP contribution in [-0.4, -0.2) is 0 Å². The molecule has 12 rings (SSSR count). The van der Waals surface area contributed by atoms with Gasteiger partial charge in [0.2, 0.25) is 0 Å². The smallest absolute Gasteiger partial charge is 0.143 e. The van der Waals surface area contributed by atoms with Gasteiger partial charge in [0.05, 0.1) is 0 Å². The minimum absolute atomic E-state index is 0.240. The van der Waals surface area contributed by atoms with E-state index in [1.807, 2.05) is 6.07 Å². The number of rotatable bonds is 8. The zero-order valence-electron chi connectivity index (χ0n) is 36.4. The van der Waals surface area contributed by atoms with E-state index in [1.54, 1.807) is 0 Å². The maximum Gasteiger partial charge on any atom is 0.143 e. The van der Waals surface area contributed by atoms with Gasteiger partial charge < -0.3 is 9.32 Å². The standard InChI is InChI=1S/C63H45NO/c1-63(2)59-40-50(54-17-11-18-58-57-16-9-10-19-61(57)65-62(54)58)32-38-55(59)56-39-37-53(41-60(56)63)64(51-33-28-48(29-34-51)46-24-20-44(21-25-46)42-12-5-3-6-13-42)52-35-30-49(31-36-52)47-26-22-45(23-27-47)43-14-7-4-8-15-43/h3-41H,1-2H3. The van der Waals surface area contributed by atoms with Crippen LogP contribution < -0.4 is 4.90 Å². The predicted molar refractivity (Wildman–Crippen MR) is 273 cm³/mol. The third-order valence-electron chi connectivity index (χ3n) is 13.5. The molecule has 0 atom stereocenters. The van der Waals surface area contributed by atoms with Crippen LogP contribution in [0.5, 0.6) is 0 Å². The van der Waals surface area contributed by atoms with Crippen molar-refractivity contribution in [2.75, 3.05) is 4.90 Å². The van der Waals surface area contributed by atoms with Crippen LogP contribution in [0, 0.1) is 0 Å². The fourth-order valence-corrected chi connectivity index (χ4v) is 10.0. The summed E-state index contributed by atoms with van der Waals surface area (Å²) in [5, 5.41) is 2.29. The van der Waals surface area contributed by atoms with Crippen molar-refractivity contribution in [2.24, 2.45) is 0 Å². The molecule has 0 fully saturated rings. The van der Waals surface area contributed by atoms with Crippen LogP contribution in [0.2, 0.25) is 0 Å². The van der Waals surface area contributed by atoms with Crippen molar-refractivity contribution in [3.63, 3.8) is 0 Å². The highest BCUT2D eigenvalue weighted by molar-refractivity contribution is 6.09. The number of furan rings is 1. The van der Waals surface area contributed by atoms with E-state index < -0.39 is 0 Å². The number of anilines is 3. The van der Waals surface area contributed by atoms with Crippen LogP contribution in [-0.2, 0) is 5.41 Å². The minimum Gasteiger partial charge on any atom is -0.455 e. The Morgan fingerprint density at radius 3 is 1.25 bits per heavy atom. The molecule has 0 radical (unpaired) electrons. The average Bonchev–Trinajstić information content (AvgIpc) is 3.86. The van der Waals surface area contributed by atoms with E-state index in [2.05, 4.69) is 249 Å². The van der Waals surface area contributed by atoms with Gasteiger partial charge in [-0.1, -0.05) is 202 Å². The van der Waals surface area contributed by atoms with Crippen molar-refractivity contribution in [1.29, 1.82) is 0 Å².